The van der Waals surface area contributed by atoms with Crippen molar-refractivity contribution in [3.63, 3.8) is 0 Å². The quantitative estimate of drug-likeness (QED) is 0.553. The van der Waals surface area contributed by atoms with Crippen LogP contribution in [0.2, 0.25) is 0 Å². The zero-order valence-corrected chi connectivity index (χ0v) is 9.76. The number of esters is 1. The first-order valence-corrected chi connectivity index (χ1v) is 5.00. The molecular formula is C11H14ClNO2. The van der Waals surface area contributed by atoms with Crippen LogP contribution in [0.5, 0.6) is 0 Å². The van der Waals surface area contributed by atoms with Gasteiger partial charge in [-0.15, -0.1) is 0 Å². The van der Waals surface area contributed by atoms with Crippen molar-refractivity contribution >= 4 is 17.6 Å². The van der Waals surface area contributed by atoms with Crippen molar-refractivity contribution in [2.24, 2.45) is 0 Å². The zero-order valence-electron chi connectivity index (χ0n) is 9.00. The van der Waals surface area contributed by atoms with Gasteiger partial charge in [0, 0.05) is 6.20 Å². The molecule has 0 unspecified atom stereocenters. The van der Waals surface area contributed by atoms with E-state index in [0.29, 0.717) is 10.7 Å². The van der Waals surface area contributed by atoms with Crippen LogP contribution < -0.4 is 5.32 Å². The molecule has 1 N–H and O–H groups in total. The number of carbonyl (C=O) groups excluding carboxylic acids is 1. The summed E-state index contributed by atoms with van der Waals surface area (Å²) in [7, 11) is 0. The van der Waals surface area contributed by atoms with Crippen LogP contribution in [0, 0.1) is 0 Å². The van der Waals surface area contributed by atoms with Gasteiger partial charge < -0.3 is 10.1 Å². The lowest BCUT2D eigenvalue weighted by Crippen LogP contribution is -2.24. The third kappa shape index (κ3) is 4.21. The summed E-state index contributed by atoms with van der Waals surface area (Å²) in [5.74, 6) is -0.369. The number of carbonyl (C=O) groups is 1. The van der Waals surface area contributed by atoms with Crippen LogP contribution in [0.25, 0.3) is 0 Å². The largest absolute Gasteiger partial charge is 0.456 e. The third-order valence-electron chi connectivity index (χ3n) is 1.52. The van der Waals surface area contributed by atoms with Crippen molar-refractivity contribution in [1.29, 1.82) is 0 Å². The summed E-state index contributed by atoms with van der Waals surface area (Å²) in [6, 6.07) is 0. The lowest BCUT2D eigenvalue weighted by Gasteiger charge is -2.19. The molecule has 1 aliphatic heterocycles. The van der Waals surface area contributed by atoms with Crippen molar-refractivity contribution in [3.8, 4) is 0 Å². The average molecular weight is 228 g/mol. The topological polar surface area (TPSA) is 38.3 Å². The van der Waals surface area contributed by atoms with Gasteiger partial charge in [-0.05, 0) is 32.9 Å². The third-order valence-corrected chi connectivity index (χ3v) is 1.75. The zero-order chi connectivity index (χ0) is 11.5. The van der Waals surface area contributed by atoms with Gasteiger partial charge in [-0.3, -0.25) is 0 Å². The molecule has 0 aromatic rings. The number of hydrogen-bond acceptors (Lipinski definition) is 3. The van der Waals surface area contributed by atoms with E-state index in [0.717, 1.165) is 0 Å². The molecule has 4 heteroatoms. The summed E-state index contributed by atoms with van der Waals surface area (Å²) < 4.78 is 5.20. The fourth-order valence-electron chi connectivity index (χ4n) is 0.943. The predicted octanol–water partition coefficient (Wildman–Crippen LogP) is 2.45. The highest BCUT2D eigenvalue weighted by atomic mass is 35.5. The maximum Gasteiger partial charge on any atom is 0.340 e. The molecule has 0 saturated heterocycles. The van der Waals surface area contributed by atoms with E-state index in [-0.39, 0.29) is 5.97 Å². The average Bonchev–Trinajstić information content (AvgIpc) is 2.26. The fourth-order valence-corrected chi connectivity index (χ4v) is 1.07. The molecule has 3 nitrogen and oxygen atoms in total. The van der Waals surface area contributed by atoms with Gasteiger partial charge in [0.1, 0.15) is 10.8 Å². The summed E-state index contributed by atoms with van der Waals surface area (Å²) in [4.78, 5) is 11.6. The van der Waals surface area contributed by atoms with E-state index in [9.17, 15) is 4.79 Å². The van der Waals surface area contributed by atoms with E-state index in [2.05, 4.69) is 5.32 Å². The van der Waals surface area contributed by atoms with Crippen molar-refractivity contribution in [3.05, 3.63) is 35.2 Å². The first-order valence-electron chi connectivity index (χ1n) is 4.62. The van der Waals surface area contributed by atoms with Gasteiger partial charge in [0.2, 0.25) is 0 Å². The Hall–Kier alpha value is -1.22. The second kappa shape index (κ2) is 4.53. The number of halogens is 1. The SMILES string of the molecule is CC(C)(C)OC(=O)C1=CNC(Cl)=CC=C1. The highest BCUT2D eigenvalue weighted by molar-refractivity contribution is 6.29. The van der Waals surface area contributed by atoms with E-state index in [1.54, 1.807) is 18.2 Å². The summed E-state index contributed by atoms with van der Waals surface area (Å²) in [6.45, 7) is 5.47. The smallest absolute Gasteiger partial charge is 0.340 e. The molecule has 0 aromatic heterocycles. The molecule has 0 atom stereocenters. The number of nitrogens with one attached hydrogen (secondary N) is 1. The summed E-state index contributed by atoms with van der Waals surface area (Å²) in [5, 5.41) is 3.23. The fraction of sp³-hybridized carbons (Fsp3) is 0.364. The second-order valence-electron chi connectivity index (χ2n) is 4.12. The molecule has 0 bridgehead atoms. The highest BCUT2D eigenvalue weighted by Crippen LogP contribution is 2.13. The maximum absolute atomic E-state index is 11.6. The molecule has 1 rings (SSSR count). The second-order valence-corrected chi connectivity index (χ2v) is 4.53. The number of rotatable bonds is 1. The molecule has 0 spiro atoms. The normalized spacial score (nSPS) is 16.0. The first kappa shape index (κ1) is 11.9. The van der Waals surface area contributed by atoms with Gasteiger partial charge in [0.25, 0.3) is 0 Å². The molecule has 0 saturated carbocycles. The Kier molecular flexibility index (Phi) is 3.58. The molecule has 0 fully saturated rings. The van der Waals surface area contributed by atoms with Crippen LogP contribution in [-0.4, -0.2) is 11.6 Å². The minimum absolute atomic E-state index is 0.369. The minimum atomic E-state index is -0.491. The predicted molar refractivity (Wildman–Crippen MR) is 60.1 cm³/mol. The van der Waals surface area contributed by atoms with Crippen LogP contribution >= 0.6 is 11.6 Å². The van der Waals surface area contributed by atoms with Gasteiger partial charge >= 0.3 is 5.97 Å². The van der Waals surface area contributed by atoms with Crippen LogP contribution in [0.4, 0.5) is 0 Å². The lowest BCUT2D eigenvalue weighted by atomic mass is 10.2. The Morgan fingerprint density at radius 2 is 2.13 bits per heavy atom. The van der Waals surface area contributed by atoms with Gasteiger partial charge in [-0.25, -0.2) is 4.79 Å². The standard InChI is InChI=1S/C11H14ClNO2/c1-11(2,3)15-10(14)8-5-4-6-9(12)13-7-8/h4-7,13H,1-3H3. The van der Waals surface area contributed by atoms with E-state index in [4.69, 9.17) is 16.3 Å². The van der Waals surface area contributed by atoms with Crippen LogP contribution in [0.3, 0.4) is 0 Å². The highest BCUT2D eigenvalue weighted by Gasteiger charge is 2.18. The van der Waals surface area contributed by atoms with E-state index < -0.39 is 5.60 Å². The molecule has 82 valence electrons. The Morgan fingerprint density at radius 3 is 2.73 bits per heavy atom. The molecule has 0 amide bonds. The van der Waals surface area contributed by atoms with Gasteiger partial charge in [0.05, 0.1) is 5.57 Å². The molecular weight excluding hydrogens is 214 g/mol. The minimum Gasteiger partial charge on any atom is -0.456 e. The number of hydrogen-bond donors (Lipinski definition) is 1. The van der Waals surface area contributed by atoms with Crippen LogP contribution in [0.1, 0.15) is 20.8 Å². The van der Waals surface area contributed by atoms with E-state index in [1.165, 1.54) is 6.20 Å². The van der Waals surface area contributed by atoms with Gasteiger partial charge in [0.15, 0.2) is 0 Å². The maximum atomic E-state index is 11.6. The van der Waals surface area contributed by atoms with Crippen molar-refractivity contribution < 1.29 is 9.53 Å². The number of allylic oxidation sites excluding steroid dienone is 2. The molecule has 1 heterocycles. The van der Waals surface area contributed by atoms with Gasteiger partial charge in [-0.2, -0.15) is 0 Å². The van der Waals surface area contributed by atoms with Crippen LogP contribution in [-0.2, 0) is 9.53 Å². The summed E-state index contributed by atoms with van der Waals surface area (Å²) >= 11 is 5.73. The molecule has 15 heavy (non-hydrogen) atoms. The first-order chi connectivity index (χ1) is 6.88. The Morgan fingerprint density at radius 1 is 1.47 bits per heavy atom. The van der Waals surface area contributed by atoms with Crippen molar-refractivity contribution in [1.82, 2.24) is 5.32 Å². The number of ether oxygens (including phenoxy) is 1. The van der Waals surface area contributed by atoms with Gasteiger partial charge in [-0.1, -0.05) is 17.7 Å². The molecule has 0 aromatic carbocycles. The van der Waals surface area contributed by atoms with E-state index in [1.807, 2.05) is 20.8 Å². The van der Waals surface area contributed by atoms with Crippen LogP contribution in [0.15, 0.2) is 35.2 Å². The van der Waals surface area contributed by atoms with Crippen molar-refractivity contribution in [2.75, 3.05) is 0 Å². The monoisotopic (exact) mass is 227 g/mol. The van der Waals surface area contributed by atoms with E-state index >= 15 is 0 Å². The molecule has 1 aliphatic rings. The molecule has 0 radical (unpaired) electrons. The summed E-state index contributed by atoms with van der Waals surface area (Å²) in [6.07, 6.45) is 6.53. The molecule has 0 aliphatic carbocycles. The Balaban J connectivity index is 2.70. The lowest BCUT2D eigenvalue weighted by molar-refractivity contribution is -0.149. The Labute approximate surface area is 94.4 Å². The summed E-state index contributed by atoms with van der Waals surface area (Å²) in [5.41, 5.74) is -0.0493. The van der Waals surface area contributed by atoms with Crippen molar-refractivity contribution in [2.45, 2.75) is 26.4 Å². The Bertz CT molecular complexity index is 348.